The Kier molecular flexibility index (Phi) is 4.73. The van der Waals surface area contributed by atoms with Crippen LogP contribution in [0.2, 0.25) is 0 Å². The lowest BCUT2D eigenvalue weighted by molar-refractivity contribution is -0.103. The Hall–Kier alpha value is -0.0600. The molecule has 1 spiro atoms. The molecule has 2 aliphatic rings. The monoisotopic (exact) mass is 401 g/mol. The van der Waals surface area contributed by atoms with Crippen molar-refractivity contribution in [1.29, 1.82) is 0 Å². The fourth-order valence-corrected chi connectivity index (χ4v) is 4.76. The van der Waals surface area contributed by atoms with Crippen molar-refractivity contribution in [3.8, 4) is 0 Å². The molecule has 1 aromatic carbocycles. The summed E-state index contributed by atoms with van der Waals surface area (Å²) in [5, 5.41) is 3.72. The highest BCUT2D eigenvalue weighted by molar-refractivity contribution is 9.11. The number of nitrogens with one attached hydrogen (secondary N) is 1. The van der Waals surface area contributed by atoms with E-state index in [-0.39, 0.29) is 5.60 Å². The fourth-order valence-electron chi connectivity index (χ4n) is 3.54. The Bertz CT molecular complexity index is 446. The summed E-state index contributed by atoms with van der Waals surface area (Å²) in [4.78, 5) is 0. The molecule has 1 N–H and O–H groups in total. The Morgan fingerprint density at radius 3 is 2.50 bits per heavy atom. The van der Waals surface area contributed by atoms with Crippen LogP contribution >= 0.6 is 31.9 Å². The summed E-state index contributed by atoms with van der Waals surface area (Å²) in [5.41, 5.74) is 1.33. The minimum absolute atomic E-state index is 0.155. The number of rotatable bonds is 2. The van der Waals surface area contributed by atoms with Gasteiger partial charge in [0.15, 0.2) is 0 Å². The van der Waals surface area contributed by atoms with Gasteiger partial charge in [-0.2, -0.15) is 0 Å². The molecule has 4 heteroatoms. The van der Waals surface area contributed by atoms with E-state index in [1.54, 1.807) is 0 Å². The van der Waals surface area contributed by atoms with E-state index in [4.69, 9.17) is 4.74 Å². The first-order chi connectivity index (χ1) is 9.69. The van der Waals surface area contributed by atoms with Crippen LogP contribution in [0, 0.1) is 0 Å². The van der Waals surface area contributed by atoms with Crippen molar-refractivity contribution in [2.45, 2.75) is 56.6 Å². The third-order valence-electron chi connectivity index (χ3n) is 4.57. The van der Waals surface area contributed by atoms with Crippen LogP contribution in [0.15, 0.2) is 27.1 Å². The van der Waals surface area contributed by atoms with Crippen LogP contribution < -0.4 is 5.32 Å². The van der Waals surface area contributed by atoms with Gasteiger partial charge in [0.05, 0.1) is 11.3 Å². The lowest BCUT2D eigenvalue weighted by Crippen LogP contribution is -2.45. The van der Waals surface area contributed by atoms with Gasteiger partial charge in [-0.3, -0.25) is 0 Å². The number of hydrogen-bond acceptors (Lipinski definition) is 2. The maximum absolute atomic E-state index is 6.17. The molecule has 0 amide bonds. The first kappa shape index (κ1) is 14.9. The minimum atomic E-state index is 0.155. The molecule has 0 radical (unpaired) electrons. The molecular formula is C16H21Br2NO. The molecule has 3 rings (SSSR count). The van der Waals surface area contributed by atoms with E-state index in [2.05, 4.69) is 49.3 Å². The molecular weight excluding hydrogens is 382 g/mol. The van der Waals surface area contributed by atoms with E-state index in [1.165, 1.54) is 37.8 Å². The van der Waals surface area contributed by atoms with Crippen molar-refractivity contribution in [2.75, 3.05) is 11.9 Å². The predicted octanol–water partition coefficient (Wildman–Crippen LogP) is 5.51. The maximum Gasteiger partial charge on any atom is 0.0702 e. The summed E-state index contributed by atoms with van der Waals surface area (Å²) < 4.78 is 8.41. The molecule has 1 heterocycles. The molecule has 1 saturated carbocycles. The first-order valence-electron chi connectivity index (χ1n) is 7.53. The average Bonchev–Trinajstić information content (AvgIpc) is 2.44. The molecule has 110 valence electrons. The predicted molar refractivity (Wildman–Crippen MR) is 90.3 cm³/mol. The first-order valence-corrected chi connectivity index (χ1v) is 9.12. The molecule has 1 aromatic rings. The van der Waals surface area contributed by atoms with E-state index < -0.39 is 0 Å². The SMILES string of the molecule is Brc1cccc(Br)c1NC1CCOC2(CCCCC2)C1. The van der Waals surface area contributed by atoms with Gasteiger partial charge in [0, 0.05) is 21.6 Å². The van der Waals surface area contributed by atoms with Crippen LogP contribution in [0.1, 0.15) is 44.9 Å². The van der Waals surface area contributed by atoms with Gasteiger partial charge < -0.3 is 10.1 Å². The molecule has 1 saturated heterocycles. The lowest BCUT2D eigenvalue weighted by atomic mass is 9.78. The van der Waals surface area contributed by atoms with E-state index in [1.807, 2.05) is 6.07 Å². The average molecular weight is 403 g/mol. The number of halogens is 2. The molecule has 2 nitrogen and oxygen atoms in total. The van der Waals surface area contributed by atoms with Crippen molar-refractivity contribution >= 4 is 37.5 Å². The van der Waals surface area contributed by atoms with Crippen molar-refractivity contribution in [2.24, 2.45) is 0 Å². The van der Waals surface area contributed by atoms with Crippen LogP contribution in [0.3, 0.4) is 0 Å². The molecule has 1 aliphatic carbocycles. The normalized spacial score (nSPS) is 25.6. The second-order valence-corrected chi connectivity index (χ2v) is 7.73. The molecule has 2 fully saturated rings. The highest BCUT2D eigenvalue weighted by Gasteiger charge is 2.38. The smallest absolute Gasteiger partial charge is 0.0702 e. The number of benzene rings is 1. The van der Waals surface area contributed by atoms with Gasteiger partial charge >= 0.3 is 0 Å². The summed E-state index contributed by atoms with van der Waals surface area (Å²) in [6, 6.07) is 6.73. The minimum Gasteiger partial charge on any atom is -0.380 e. The highest BCUT2D eigenvalue weighted by Crippen LogP contribution is 2.40. The zero-order valence-corrected chi connectivity index (χ0v) is 14.8. The third-order valence-corrected chi connectivity index (χ3v) is 5.89. The number of para-hydroxylation sites is 1. The Morgan fingerprint density at radius 2 is 1.80 bits per heavy atom. The van der Waals surface area contributed by atoms with E-state index in [0.717, 1.165) is 28.4 Å². The molecule has 1 unspecified atom stereocenters. The standard InChI is InChI=1S/C16H21Br2NO/c17-13-5-4-6-14(18)15(13)19-12-7-10-20-16(11-12)8-2-1-3-9-16/h4-6,12,19H,1-3,7-11H2. The maximum atomic E-state index is 6.17. The summed E-state index contributed by atoms with van der Waals surface area (Å²) in [6.07, 6.45) is 8.73. The van der Waals surface area contributed by atoms with E-state index in [9.17, 15) is 0 Å². The lowest BCUT2D eigenvalue weighted by Gasteiger charge is -2.44. The Labute approximate surface area is 137 Å². The van der Waals surface area contributed by atoms with Crippen molar-refractivity contribution in [3.05, 3.63) is 27.1 Å². The second-order valence-electron chi connectivity index (χ2n) is 6.02. The van der Waals surface area contributed by atoms with Crippen molar-refractivity contribution < 1.29 is 4.74 Å². The Balaban J connectivity index is 1.71. The zero-order chi connectivity index (χ0) is 14.0. The van der Waals surface area contributed by atoms with Gasteiger partial charge in [-0.1, -0.05) is 25.3 Å². The van der Waals surface area contributed by atoms with Crippen molar-refractivity contribution in [1.82, 2.24) is 0 Å². The van der Waals surface area contributed by atoms with Crippen LogP contribution in [0.4, 0.5) is 5.69 Å². The zero-order valence-electron chi connectivity index (χ0n) is 11.6. The summed E-state index contributed by atoms with van der Waals surface area (Å²) in [7, 11) is 0. The van der Waals surface area contributed by atoms with Gasteiger partial charge in [0.25, 0.3) is 0 Å². The third kappa shape index (κ3) is 3.23. The summed E-state index contributed by atoms with van der Waals surface area (Å²) >= 11 is 7.28. The molecule has 1 aliphatic heterocycles. The fraction of sp³-hybridized carbons (Fsp3) is 0.625. The van der Waals surface area contributed by atoms with Gasteiger partial charge in [-0.15, -0.1) is 0 Å². The Morgan fingerprint density at radius 1 is 1.10 bits per heavy atom. The van der Waals surface area contributed by atoms with Crippen LogP contribution in [-0.4, -0.2) is 18.2 Å². The summed E-state index contributed by atoms with van der Waals surface area (Å²) in [5.74, 6) is 0. The van der Waals surface area contributed by atoms with Gasteiger partial charge in [-0.05, 0) is 69.7 Å². The van der Waals surface area contributed by atoms with Gasteiger partial charge in [-0.25, -0.2) is 0 Å². The quantitative estimate of drug-likeness (QED) is 0.704. The molecule has 1 atom stereocenters. The number of ether oxygens (including phenoxy) is 1. The van der Waals surface area contributed by atoms with Crippen molar-refractivity contribution in [3.63, 3.8) is 0 Å². The highest BCUT2D eigenvalue weighted by atomic mass is 79.9. The van der Waals surface area contributed by atoms with E-state index >= 15 is 0 Å². The second kappa shape index (κ2) is 6.37. The van der Waals surface area contributed by atoms with Crippen LogP contribution in [-0.2, 0) is 4.74 Å². The molecule has 20 heavy (non-hydrogen) atoms. The number of hydrogen-bond donors (Lipinski definition) is 1. The molecule has 0 bridgehead atoms. The van der Waals surface area contributed by atoms with E-state index in [0.29, 0.717) is 6.04 Å². The van der Waals surface area contributed by atoms with Gasteiger partial charge in [0.1, 0.15) is 0 Å². The summed E-state index contributed by atoms with van der Waals surface area (Å²) in [6.45, 7) is 0.889. The van der Waals surface area contributed by atoms with Gasteiger partial charge in [0.2, 0.25) is 0 Å². The largest absolute Gasteiger partial charge is 0.380 e. The topological polar surface area (TPSA) is 21.3 Å². The van der Waals surface area contributed by atoms with Crippen LogP contribution in [0.25, 0.3) is 0 Å². The van der Waals surface area contributed by atoms with Crippen LogP contribution in [0.5, 0.6) is 0 Å². The number of anilines is 1. The molecule has 0 aromatic heterocycles.